The molecule has 2 aromatic heterocycles. The average molecular weight is 467 g/mol. The van der Waals surface area contributed by atoms with Crippen molar-refractivity contribution in [1.29, 1.82) is 0 Å². The van der Waals surface area contributed by atoms with Crippen LogP contribution >= 0.6 is 24.0 Å². The predicted octanol–water partition coefficient (Wildman–Crippen LogP) is 2.26. The zero-order valence-electron chi connectivity index (χ0n) is 14.9. The summed E-state index contributed by atoms with van der Waals surface area (Å²) in [5, 5.41) is 10.4. The minimum Gasteiger partial charge on any atom is -0.444 e. The van der Waals surface area contributed by atoms with Crippen molar-refractivity contribution in [3.63, 3.8) is 0 Å². The van der Waals surface area contributed by atoms with E-state index in [1.165, 1.54) is 11.9 Å². The smallest absolute Gasteiger partial charge is 0.226 e. The Labute approximate surface area is 169 Å². The van der Waals surface area contributed by atoms with E-state index < -0.39 is 0 Å². The first kappa shape index (κ1) is 19.9. The largest absolute Gasteiger partial charge is 0.444 e. The van der Waals surface area contributed by atoms with E-state index in [-0.39, 0.29) is 24.0 Å². The number of halogens is 1. The number of guanidine groups is 1. The minimum absolute atomic E-state index is 0. The highest BCUT2D eigenvalue weighted by atomic mass is 127. The fraction of sp³-hybridized carbons (Fsp3) is 0.294. The van der Waals surface area contributed by atoms with Crippen molar-refractivity contribution < 1.29 is 4.42 Å². The number of hydrogen-bond acceptors (Lipinski definition) is 5. The van der Waals surface area contributed by atoms with Crippen molar-refractivity contribution in [3.05, 3.63) is 53.9 Å². The Morgan fingerprint density at radius 1 is 1.19 bits per heavy atom. The number of nitrogens with zero attached hydrogens (tertiary/aromatic N) is 5. The van der Waals surface area contributed by atoms with E-state index >= 15 is 0 Å². The number of aromatic nitrogens is 4. The number of aliphatic imine (C=N–C) groups is 1. The Balaban J connectivity index is 0.00000243. The quantitative estimate of drug-likeness (QED) is 0.340. The van der Waals surface area contributed by atoms with Gasteiger partial charge in [-0.2, -0.15) is 5.10 Å². The van der Waals surface area contributed by atoms with Crippen LogP contribution in [0.25, 0.3) is 11.5 Å². The first-order valence-electron chi connectivity index (χ1n) is 7.94. The van der Waals surface area contributed by atoms with Crippen molar-refractivity contribution in [3.8, 4) is 11.5 Å². The van der Waals surface area contributed by atoms with Crippen LogP contribution in [-0.2, 0) is 20.1 Å². The zero-order valence-corrected chi connectivity index (χ0v) is 17.3. The van der Waals surface area contributed by atoms with Crippen LogP contribution < -0.4 is 10.6 Å². The standard InChI is InChI=1S/C17H21N7O.HI/c1-12-4-6-13(7-5-12)16-23-14(10-25-16)8-19-17(18-2)20-9-15-21-11-22-24(15)3;/h4-7,10-11H,8-9H2,1-3H3,(H2,18,19,20);1H. The lowest BCUT2D eigenvalue weighted by Crippen LogP contribution is -2.37. The monoisotopic (exact) mass is 467 g/mol. The van der Waals surface area contributed by atoms with Gasteiger partial charge in [-0.1, -0.05) is 17.7 Å². The molecule has 0 saturated heterocycles. The molecule has 0 saturated carbocycles. The molecular formula is C17H22IN7O. The fourth-order valence-electron chi connectivity index (χ4n) is 2.25. The molecule has 2 N–H and O–H groups in total. The number of aryl methyl sites for hydroxylation is 2. The molecule has 0 aliphatic rings. The van der Waals surface area contributed by atoms with Gasteiger partial charge in [-0.25, -0.2) is 9.97 Å². The van der Waals surface area contributed by atoms with Gasteiger partial charge in [0, 0.05) is 19.7 Å². The number of oxazole rings is 1. The molecule has 0 unspecified atom stereocenters. The van der Waals surface area contributed by atoms with Crippen molar-refractivity contribution in [1.82, 2.24) is 30.4 Å². The van der Waals surface area contributed by atoms with Crippen LogP contribution in [0.4, 0.5) is 0 Å². The summed E-state index contributed by atoms with van der Waals surface area (Å²) in [6.45, 7) is 3.09. The van der Waals surface area contributed by atoms with Crippen molar-refractivity contribution in [2.45, 2.75) is 20.0 Å². The minimum atomic E-state index is 0. The third-order valence-corrected chi connectivity index (χ3v) is 3.73. The molecule has 0 aliphatic carbocycles. The Morgan fingerprint density at radius 3 is 2.58 bits per heavy atom. The topological polar surface area (TPSA) is 93.2 Å². The lowest BCUT2D eigenvalue weighted by atomic mass is 10.1. The second-order valence-corrected chi connectivity index (χ2v) is 5.59. The van der Waals surface area contributed by atoms with Crippen molar-refractivity contribution in [2.75, 3.05) is 7.05 Å². The summed E-state index contributed by atoms with van der Waals surface area (Å²) >= 11 is 0. The van der Waals surface area contributed by atoms with Crippen LogP contribution in [0.3, 0.4) is 0 Å². The van der Waals surface area contributed by atoms with Crippen LogP contribution in [-0.4, -0.2) is 32.8 Å². The maximum atomic E-state index is 5.56. The predicted molar refractivity (Wildman–Crippen MR) is 110 cm³/mol. The molecule has 0 spiro atoms. The van der Waals surface area contributed by atoms with Gasteiger partial charge in [0.2, 0.25) is 5.89 Å². The molecule has 3 rings (SSSR count). The fourth-order valence-corrected chi connectivity index (χ4v) is 2.25. The Hall–Kier alpha value is -2.43. The van der Waals surface area contributed by atoms with Gasteiger partial charge >= 0.3 is 0 Å². The van der Waals surface area contributed by atoms with E-state index in [0.717, 1.165) is 17.1 Å². The molecule has 138 valence electrons. The van der Waals surface area contributed by atoms with E-state index in [9.17, 15) is 0 Å². The van der Waals surface area contributed by atoms with Gasteiger partial charge in [0.1, 0.15) is 18.4 Å². The van der Waals surface area contributed by atoms with Gasteiger partial charge < -0.3 is 15.1 Å². The second kappa shape index (κ2) is 9.32. The summed E-state index contributed by atoms with van der Waals surface area (Å²) in [5.74, 6) is 2.09. The average Bonchev–Trinajstić information content (AvgIpc) is 3.25. The van der Waals surface area contributed by atoms with Crippen LogP contribution in [0.15, 0.2) is 46.3 Å². The molecule has 0 bridgehead atoms. The molecule has 8 nitrogen and oxygen atoms in total. The first-order valence-corrected chi connectivity index (χ1v) is 7.94. The van der Waals surface area contributed by atoms with E-state index in [1.807, 2.05) is 38.2 Å². The maximum Gasteiger partial charge on any atom is 0.226 e. The molecule has 3 aromatic rings. The molecule has 9 heteroatoms. The van der Waals surface area contributed by atoms with Gasteiger partial charge in [-0.05, 0) is 19.1 Å². The zero-order chi connectivity index (χ0) is 17.6. The highest BCUT2D eigenvalue weighted by molar-refractivity contribution is 14.0. The van der Waals surface area contributed by atoms with Crippen LogP contribution in [0.5, 0.6) is 0 Å². The molecule has 2 heterocycles. The normalized spacial score (nSPS) is 11.1. The Bertz CT molecular complexity index is 854. The lowest BCUT2D eigenvalue weighted by Gasteiger charge is -2.10. The van der Waals surface area contributed by atoms with Gasteiger partial charge in [0.05, 0.1) is 18.8 Å². The molecular weight excluding hydrogens is 445 g/mol. The molecule has 26 heavy (non-hydrogen) atoms. The van der Waals surface area contributed by atoms with Gasteiger partial charge in [-0.15, -0.1) is 24.0 Å². The number of hydrogen-bond donors (Lipinski definition) is 2. The first-order chi connectivity index (χ1) is 12.2. The maximum absolute atomic E-state index is 5.56. The molecule has 0 atom stereocenters. The molecule has 0 amide bonds. The third kappa shape index (κ3) is 5.04. The molecule has 1 aromatic carbocycles. The Kier molecular flexibility index (Phi) is 7.13. The van der Waals surface area contributed by atoms with Crippen molar-refractivity contribution >= 4 is 29.9 Å². The van der Waals surface area contributed by atoms with E-state index in [0.29, 0.717) is 24.9 Å². The Morgan fingerprint density at radius 2 is 1.92 bits per heavy atom. The van der Waals surface area contributed by atoms with Gasteiger partial charge in [0.25, 0.3) is 0 Å². The second-order valence-electron chi connectivity index (χ2n) is 5.59. The number of benzene rings is 1. The summed E-state index contributed by atoms with van der Waals surface area (Å²) in [6.07, 6.45) is 3.17. The van der Waals surface area contributed by atoms with Crippen LogP contribution in [0.1, 0.15) is 17.1 Å². The highest BCUT2D eigenvalue weighted by Crippen LogP contribution is 2.18. The van der Waals surface area contributed by atoms with Gasteiger partial charge in [-0.3, -0.25) is 9.67 Å². The summed E-state index contributed by atoms with van der Waals surface area (Å²) in [4.78, 5) is 12.9. The van der Waals surface area contributed by atoms with E-state index in [4.69, 9.17) is 4.42 Å². The highest BCUT2D eigenvalue weighted by Gasteiger charge is 2.08. The molecule has 0 radical (unpaired) electrons. The lowest BCUT2D eigenvalue weighted by molar-refractivity contribution is 0.572. The van der Waals surface area contributed by atoms with E-state index in [2.05, 4.69) is 30.7 Å². The number of nitrogens with one attached hydrogen (secondary N) is 2. The van der Waals surface area contributed by atoms with Gasteiger partial charge in [0.15, 0.2) is 5.96 Å². The molecule has 0 aliphatic heterocycles. The molecule has 0 fully saturated rings. The van der Waals surface area contributed by atoms with Crippen molar-refractivity contribution in [2.24, 2.45) is 12.0 Å². The summed E-state index contributed by atoms with van der Waals surface area (Å²) in [5.41, 5.74) is 2.97. The van der Waals surface area contributed by atoms with E-state index in [1.54, 1.807) is 18.0 Å². The van der Waals surface area contributed by atoms with Crippen LogP contribution in [0.2, 0.25) is 0 Å². The SMILES string of the molecule is CN=C(NCc1coc(-c2ccc(C)cc2)n1)NCc1ncnn1C.I. The summed E-state index contributed by atoms with van der Waals surface area (Å²) in [7, 11) is 3.56. The summed E-state index contributed by atoms with van der Waals surface area (Å²) in [6, 6.07) is 8.07. The van der Waals surface area contributed by atoms with Crippen LogP contribution in [0, 0.1) is 6.92 Å². The third-order valence-electron chi connectivity index (χ3n) is 3.73. The summed E-state index contributed by atoms with van der Waals surface area (Å²) < 4.78 is 7.27. The number of rotatable bonds is 5.